The predicted octanol–water partition coefficient (Wildman–Crippen LogP) is 7.51. The molecule has 0 aromatic heterocycles. The minimum Gasteiger partial charge on any atom is -0.487 e. The molecule has 9 heteroatoms. The number of rotatable bonds is 6. The summed E-state index contributed by atoms with van der Waals surface area (Å²) in [5.74, 6) is -1.51. The molecule has 0 unspecified atom stereocenters. The van der Waals surface area contributed by atoms with Crippen molar-refractivity contribution in [3.05, 3.63) is 129 Å². The Kier molecular flexibility index (Phi) is 7.72. The van der Waals surface area contributed by atoms with Crippen LogP contribution in [-0.2, 0) is 16.2 Å². The second-order valence-corrected chi connectivity index (χ2v) is 10.3. The molecule has 4 aromatic rings. The minimum absolute atomic E-state index is 0.114. The molecule has 0 N–H and O–H groups in total. The third-order valence-electron chi connectivity index (χ3n) is 5.91. The number of carbonyl (C=O) groups is 3. The van der Waals surface area contributed by atoms with Crippen LogP contribution in [0.15, 0.2) is 112 Å². The van der Waals surface area contributed by atoms with Crippen molar-refractivity contribution in [2.45, 2.75) is 6.61 Å². The van der Waals surface area contributed by atoms with Crippen molar-refractivity contribution in [3.8, 4) is 5.75 Å². The number of hydrogen-bond donors (Lipinski definition) is 0. The van der Waals surface area contributed by atoms with Crippen LogP contribution in [0, 0.1) is 5.82 Å². The maximum absolute atomic E-state index is 13.7. The largest absolute Gasteiger partial charge is 0.487 e. The van der Waals surface area contributed by atoms with Gasteiger partial charge in [0.2, 0.25) is 0 Å². The Hall–Kier alpha value is -4.08. The van der Waals surface area contributed by atoms with E-state index in [9.17, 15) is 18.8 Å². The molecule has 1 saturated heterocycles. The zero-order valence-electron chi connectivity index (χ0n) is 20.2. The molecule has 194 valence electrons. The van der Waals surface area contributed by atoms with Gasteiger partial charge in [0.25, 0.3) is 11.8 Å². The quantitative estimate of drug-likeness (QED) is 0.160. The lowest BCUT2D eigenvalue weighted by atomic mass is 10.0. The Bertz CT molecular complexity index is 1530. The predicted molar refractivity (Wildman–Crippen MR) is 154 cm³/mol. The van der Waals surface area contributed by atoms with Gasteiger partial charge in [0.1, 0.15) is 23.7 Å². The normalized spacial score (nSPS) is 13.6. The number of nitrogens with zero attached hydrogens (tertiary/aromatic N) is 2. The highest BCUT2D eigenvalue weighted by molar-refractivity contribution is 9.11. The SMILES string of the molecule is O=C1C(=Cc2cc(Br)cc(Br)c2OCc2ccc(F)cc2)C(=O)N(c2ccccc2)C(=O)N1c1ccccc1. The first kappa shape index (κ1) is 26.5. The lowest BCUT2D eigenvalue weighted by molar-refractivity contribution is -0.121. The van der Waals surface area contributed by atoms with Crippen LogP contribution in [0.3, 0.4) is 0 Å². The molecule has 1 aliphatic heterocycles. The van der Waals surface area contributed by atoms with E-state index in [1.54, 1.807) is 84.9 Å². The Morgan fingerprint density at radius 3 is 1.82 bits per heavy atom. The summed E-state index contributed by atoms with van der Waals surface area (Å²) < 4.78 is 20.6. The maximum Gasteiger partial charge on any atom is 0.343 e. The van der Waals surface area contributed by atoms with Crippen molar-refractivity contribution in [1.29, 1.82) is 0 Å². The molecule has 0 bridgehead atoms. The lowest BCUT2D eigenvalue weighted by Gasteiger charge is -2.34. The minimum atomic E-state index is -0.775. The van der Waals surface area contributed by atoms with E-state index in [1.807, 2.05) is 0 Å². The van der Waals surface area contributed by atoms with E-state index in [-0.39, 0.29) is 18.0 Å². The zero-order valence-corrected chi connectivity index (χ0v) is 23.4. The van der Waals surface area contributed by atoms with Crippen molar-refractivity contribution >= 4 is 67.2 Å². The van der Waals surface area contributed by atoms with Crippen molar-refractivity contribution < 1.29 is 23.5 Å². The molecule has 0 radical (unpaired) electrons. The van der Waals surface area contributed by atoms with Gasteiger partial charge < -0.3 is 4.74 Å². The van der Waals surface area contributed by atoms with Gasteiger partial charge in [-0.15, -0.1) is 0 Å². The molecule has 0 aliphatic carbocycles. The molecular weight excluding hydrogens is 631 g/mol. The first-order valence-corrected chi connectivity index (χ1v) is 13.3. The molecule has 1 fully saturated rings. The highest BCUT2D eigenvalue weighted by Gasteiger charge is 2.43. The van der Waals surface area contributed by atoms with Gasteiger partial charge in [-0.3, -0.25) is 9.59 Å². The fourth-order valence-corrected chi connectivity index (χ4v) is 5.44. The number of benzene rings is 4. The number of hydrogen-bond acceptors (Lipinski definition) is 4. The van der Waals surface area contributed by atoms with E-state index in [0.717, 1.165) is 15.4 Å². The maximum atomic E-state index is 13.7. The van der Waals surface area contributed by atoms with Crippen LogP contribution in [0.1, 0.15) is 11.1 Å². The average molecular weight is 650 g/mol. The summed E-state index contributed by atoms with van der Waals surface area (Å²) in [6.45, 7) is 0.114. The fraction of sp³-hybridized carbons (Fsp3) is 0.0333. The number of carbonyl (C=O) groups excluding carboxylic acids is 3. The van der Waals surface area contributed by atoms with Crippen molar-refractivity contribution in [1.82, 2.24) is 0 Å². The van der Waals surface area contributed by atoms with Crippen LogP contribution in [0.25, 0.3) is 6.08 Å². The summed E-state index contributed by atoms with van der Waals surface area (Å²) >= 11 is 6.95. The topological polar surface area (TPSA) is 66.9 Å². The molecule has 0 saturated carbocycles. The standard InChI is InChI=1S/C30H19Br2FN2O4/c31-21-15-20(27(26(32)17-21)39-18-19-11-13-22(33)14-12-19)16-25-28(36)34(23-7-3-1-4-8-23)30(38)35(29(25)37)24-9-5-2-6-10-24/h1-17H,18H2. The third-order valence-corrected chi connectivity index (χ3v) is 6.96. The molecule has 4 amide bonds. The second-order valence-electron chi connectivity index (χ2n) is 8.51. The van der Waals surface area contributed by atoms with E-state index in [1.165, 1.54) is 18.2 Å². The number of amides is 4. The second kappa shape index (κ2) is 11.3. The first-order chi connectivity index (χ1) is 18.8. The lowest BCUT2D eigenvalue weighted by Crippen LogP contribution is -2.57. The van der Waals surface area contributed by atoms with Gasteiger partial charge in [-0.05, 0) is 76.1 Å². The summed E-state index contributed by atoms with van der Waals surface area (Å²) in [6.07, 6.45) is 1.42. The molecule has 0 atom stereocenters. The van der Waals surface area contributed by atoms with E-state index in [2.05, 4.69) is 31.9 Å². The van der Waals surface area contributed by atoms with Gasteiger partial charge >= 0.3 is 6.03 Å². The van der Waals surface area contributed by atoms with Crippen LogP contribution in [-0.4, -0.2) is 17.8 Å². The van der Waals surface area contributed by atoms with E-state index < -0.39 is 17.8 Å². The molecule has 39 heavy (non-hydrogen) atoms. The molecule has 1 aliphatic rings. The summed E-state index contributed by atoms with van der Waals surface area (Å²) in [5, 5.41) is 0. The molecular formula is C30H19Br2FN2O4. The summed E-state index contributed by atoms with van der Waals surface area (Å²) in [6, 6.07) is 25.4. The van der Waals surface area contributed by atoms with Crippen LogP contribution in [0.5, 0.6) is 5.75 Å². The number of urea groups is 1. The van der Waals surface area contributed by atoms with Gasteiger partial charge in [0.15, 0.2) is 0 Å². The first-order valence-electron chi connectivity index (χ1n) is 11.7. The number of imide groups is 2. The molecule has 6 nitrogen and oxygen atoms in total. The van der Waals surface area contributed by atoms with Crippen molar-refractivity contribution in [2.24, 2.45) is 0 Å². The number of ether oxygens (including phenoxy) is 1. The number of anilines is 2. The Morgan fingerprint density at radius 2 is 1.28 bits per heavy atom. The van der Waals surface area contributed by atoms with Crippen molar-refractivity contribution in [3.63, 3.8) is 0 Å². The Labute approximate surface area is 240 Å². The van der Waals surface area contributed by atoms with Crippen LogP contribution in [0.4, 0.5) is 20.6 Å². The van der Waals surface area contributed by atoms with E-state index >= 15 is 0 Å². The van der Waals surface area contributed by atoms with Crippen LogP contribution >= 0.6 is 31.9 Å². The van der Waals surface area contributed by atoms with Gasteiger partial charge in [0.05, 0.1) is 15.8 Å². The van der Waals surface area contributed by atoms with Gasteiger partial charge in [-0.2, -0.15) is 0 Å². The monoisotopic (exact) mass is 648 g/mol. The molecule has 0 spiro atoms. The van der Waals surface area contributed by atoms with Crippen LogP contribution in [0.2, 0.25) is 0 Å². The highest BCUT2D eigenvalue weighted by atomic mass is 79.9. The molecule has 4 aromatic carbocycles. The molecule has 5 rings (SSSR count). The Balaban J connectivity index is 1.60. The summed E-state index contributed by atoms with van der Waals surface area (Å²) in [5.41, 5.74) is 1.58. The van der Waals surface area contributed by atoms with Gasteiger partial charge in [-0.1, -0.05) is 64.5 Å². The Morgan fingerprint density at radius 1 is 0.744 bits per heavy atom. The smallest absolute Gasteiger partial charge is 0.343 e. The number of halogens is 3. The van der Waals surface area contributed by atoms with E-state index in [4.69, 9.17) is 4.74 Å². The summed E-state index contributed by atoms with van der Waals surface area (Å²) in [4.78, 5) is 42.9. The zero-order chi connectivity index (χ0) is 27.5. The number of para-hydroxylation sites is 2. The van der Waals surface area contributed by atoms with Gasteiger partial charge in [-0.25, -0.2) is 19.0 Å². The highest BCUT2D eigenvalue weighted by Crippen LogP contribution is 2.37. The summed E-state index contributed by atoms with van der Waals surface area (Å²) in [7, 11) is 0. The third kappa shape index (κ3) is 5.55. The van der Waals surface area contributed by atoms with Crippen LogP contribution < -0.4 is 14.5 Å². The van der Waals surface area contributed by atoms with Crippen molar-refractivity contribution in [2.75, 3.05) is 9.80 Å². The van der Waals surface area contributed by atoms with E-state index in [0.29, 0.717) is 31.6 Å². The fourth-order valence-electron chi connectivity index (χ4n) is 4.07. The average Bonchev–Trinajstić information content (AvgIpc) is 2.93. The van der Waals surface area contributed by atoms with Gasteiger partial charge in [0, 0.05) is 10.0 Å². The molecule has 1 heterocycles. The number of barbiturate groups is 1.